The largest absolute Gasteiger partial charge is 0.329 e. The Bertz CT molecular complexity index is 632. The molecule has 0 aliphatic carbocycles. The predicted octanol–water partition coefficient (Wildman–Crippen LogP) is 3.44. The number of aromatic nitrogens is 2. The minimum absolute atomic E-state index is 0.172. The Morgan fingerprint density at radius 3 is 2.90 bits per heavy atom. The first-order chi connectivity index (χ1) is 9.47. The predicted molar refractivity (Wildman–Crippen MR) is 81.3 cm³/mol. The molecule has 1 aromatic carbocycles. The summed E-state index contributed by atoms with van der Waals surface area (Å²) in [5.41, 5.74) is 0.172. The molecule has 2 rings (SSSR count). The van der Waals surface area contributed by atoms with Gasteiger partial charge in [-0.25, -0.2) is 9.37 Å². The molecular formula is C13H13BrFN3OS. The van der Waals surface area contributed by atoms with Gasteiger partial charge in [-0.3, -0.25) is 4.79 Å². The Balaban J connectivity index is 2.02. The van der Waals surface area contributed by atoms with Crippen LogP contribution in [0.15, 0.2) is 40.2 Å². The molecule has 0 aliphatic heterocycles. The second-order valence-electron chi connectivity index (χ2n) is 4.19. The molecule has 2 aromatic rings. The number of aryl methyl sites for hydroxylation is 1. The summed E-state index contributed by atoms with van der Waals surface area (Å²) in [6.07, 6.45) is 3.47. The summed E-state index contributed by atoms with van der Waals surface area (Å²) in [4.78, 5) is 16.2. The van der Waals surface area contributed by atoms with Gasteiger partial charge in [0.15, 0.2) is 5.16 Å². The maximum Gasteiger partial charge on any atom is 0.237 e. The summed E-state index contributed by atoms with van der Waals surface area (Å²) in [7, 11) is 1.86. The second kappa shape index (κ2) is 6.41. The van der Waals surface area contributed by atoms with Gasteiger partial charge in [0.25, 0.3) is 0 Å². The van der Waals surface area contributed by atoms with Crippen LogP contribution in [0.5, 0.6) is 0 Å². The van der Waals surface area contributed by atoms with E-state index in [1.165, 1.54) is 23.9 Å². The van der Waals surface area contributed by atoms with Gasteiger partial charge >= 0.3 is 0 Å². The molecule has 106 valence electrons. The van der Waals surface area contributed by atoms with Crippen molar-refractivity contribution in [1.29, 1.82) is 0 Å². The van der Waals surface area contributed by atoms with Gasteiger partial charge in [-0.1, -0.05) is 27.7 Å². The first kappa shape index (κ1) is 15.1. The first-order valence-corrected chi connectivity index (χ1v) is 7.54. The van der Waals surface area contributed by atoms with Gasteiger partial charge in [0, 0.05) is 23.9 Å². The smallest absolute Gasteiger partial charge is 0.237 e. The molecule has 0 saturated carbocycles. The van der Waals surface area contributed by atoms with Crippen LogP contribution >= 0.6 is 27.7 Å². The fraction of sp³-hybridized carbons (Fsp3) is 0.231. The highest BCUT2D eigenvalue weighted by atomic mass is 79.9. The van der Waals surface area contributed by atoms with Crippen molar-refractivity contribution in [3.63, 3.8) is 0 Å². The van der Waals surface area contributed by atoms with Crippen molar-refractivity contribution in [3.8, 4) is 0 Å². The van der Waals surface area contributed by atoms with E-state index in [2.05, 4.69) is 26.2 Å². The Morgan fingerprint density at radius 1 is 1.55 bits per heavy atom. The highest BCUT2D eigenvalue weighted by Crippen LogP contribution is 2.24. The number of benzene rings is 1. The van der Waals surface area contributed by atoms with Crippen LogP contribution in [0, 0.1) is 5.82 Å². The van der Waals surface area contributed by atoms with E-state index in [1.807, 2.05) is 11.6 Å². The summed E-state index contributed by atoms with van der Waals surface area (Å²) in [5, 5.41) is 2.94. The minimum Gasteiger partial charge on any atom is -0.329 e. The first-order valence-electron chi connectivity index (χ1n) is 5.87. The average molecular weight is 358 g/mol. The molecule has 1 heterocycles. The Morgan fingerprint density at radius 2 is 2.30 bits per heavy atom. The highest BCUT2D eigenvalue weighted by Gasteiger charge is 2.18. The zero-order valence-electron chi connectivity index (χ0n) is 10.9. The lowest BCUT2D eigenvalue weighted by atomic mass is 10.3. The van der Waals surface area contributed by atoms with Crippen molar-refractivity contribution in [2.24, 2.45) is 7.05 Å². The van der Waals surface area contributed by atoms with Crippen molar-refractivity contribution in [2.45, 2.75) is 17.3 Å². The van der Waals surface area contributed by atoms with E-state index in [0.717, 1.165) is 5.16 Å². The molecule has 1 N–H and O–H groups in total. The summed E-state index contributed by atoms with van der Waals surface area (Å²) < 4.78 is 16.1. The van der Waals surface area contributed by atoms with Gasteiger partial charge in [-0.2, -0.15) is 0 Å². The summed E-state index contributed by atoms with van der Waals surface area (Å²) in [6, 6.07) is 4.51. The van der Waals surface area contributed by atoms with Crippen LogP contribution in [0.2, 0.25) is 0 Å². The number of imidazole rings is 1. The molecule has 0 saturated heterocycles. The van der Waals surface area contributed by atoms with Crippen molar-refractivity contribution in [2.75, 3.05) is 5.32 Å². The highest BCUT2D eigenvalue weighted by molar-refractivity contribution is 9.10. The number of carbonyl (C=O) groups is 1. The molecule has 0 fully saturated rings. The lowest BCUT2D eigenvalue weighted by Crippen LogP contribution is -2.23. The molecule has 4 nitrogen and oxygen atoms in total. The van der Waals surface area contributed by atoms with Crippen molar-refractivity contribution >= 4 is 39.3 Å². The average Bonchev–Trinajstić information content (AvgIpc) is 2.78. The van der Waals surface area contributed by atoms with E-state index in [-0.39, 0.29) is 16.8 Å². The van der Waals surface area contributed by atoms with Crippen LogP contribution in [-0.2, 0) is 11.8 Å². The fourth-order valence-electron chi connectivity index (χ4n) is 1.50. The van der Waals surface area contributed by atoms with Crippen LogP contribution in [0.3, 0.4) is 0 Å². The number of thioether (sulfide) groups is 1. The standard InChI is InChI=1S/C13H13BrFN3OS/c1-8(20-13-16-5-6-18(13)2)12(19)17-11-4-3-9(14)7-10(11)15/h3-8H,1-2H3,(H,17,19). The van der Waals surface area contributed by atoms with E-state index in [4.69, 9.17) is 0 Å². The fourth-order valence-corrected chi connectivity index (χ4v) is 2.67. The van der Waals surface area contributed by atoms with Crippen LogP contribution < -0.4 is 5.32 Å². The van der Waals surface area contributed by atoms with Gasteiger partial charge in [0.05, 0.1) is 10.9 Å². The number of anilines is 1. The lowest BCUT2D eigenvalue weighted by Gasteiger charge is -2.12. The number of rotatable bonds is 4. The van der Waals surface area contributed by atoms with E-state index >= 15 is 0 Å². The minimum atomic E-state index is -0.470. The quantitative estimate of drug-likeness (QED) is 0.852. The molecule has 1 unspecified atom stereocenters. The molecule has 1 amide bonds. The van der Waals surface area contributed by atoms with Crippen LogP contribution in [0.4, 0.5) is 10.1 Å². The Labute approximate surface area is 128 Å². The van der Waals surface area contributed by atoms with E-state index in [1.54, 1.807) is 25.4 Å². The van der Waals surface area contributed by atoms with Gasteiger partial charge in [-0.05, 0) is 25.1 Å². The molecule has 20 heavy (non-hydrogen) atoms. The zero-order valence-corrected chi connectivity index (χ0v) is 13.3. The molecule has 0 spiro atoms. The molecule has 0 bridgehead atoms. The Hall–Kier alpha value is -1.34. The Kier molecular flexibility index (Phi) is 4.82. The molecule has 1 aromatic heterocycles. The van der Waals surface area contributed by atoms with E-state index in [0.29, 0.717) is 4.47 Å². The number of hydrogen-bond donors (Lipinski definition) is 1. The maximum absolute atomic E-state index is 13.6. The van der Waals surface area contributed by atoms with Crippen molar-refractivity contribution in [1.82, 2.24) is 9.55 Å². The van der Waals surface area contributed by atoms with E-state index in [9.17, 15) is 9.18 Å². The summed E-state index contributed by atoms with van der Waals surface area (Å²) >= 11 is 4.49. The normalized spacial score (nSPS) is 12.2. The van der Waals surface area contributed by atoms with E-state index < -0.39 is 5.82 Å². The molecule has 1 atom stereocenters. The van der Waals surface area contributed by atoms with Crippen LogP contribution in [0.1, 0.15) is 6.92 Å². The maximum atomic E-state index is 13.6. The SMILES string of the molecule is CC(Sc1nccn1C)C(=O)Nc1ccc(Br)cc1F. The number of amides is 1. The third-order valence-electron chi connectivity index (χ3n) is 2.62. The zero-order chi connectivity index (χ0) is 14.7. The van der Waals surface area contributed by atoms with Gasteiger partial charge < -0.3 is 9.88 Å². The van der Waals surface area contributed by atoms with Gasteiger partial charge in [-0.15, -0.1) is 0 Å². The molecule has 0 radical (unpaired) electrons. The molecule has 0 aliphatic rings. The molecular weight excluding hydrogens is 345 g/mol. The van der Waals surface area contributed by atoms with Gasteiger partial charge in [0.1, 0.15) is 5.82 Å². The number of halogens is 2. The van der Waals surface area contributed by atoms with Crippen LogP contribution in [-0.4, -0.2) is 20.7 Å². The lowest BCUT2D eigenvalue weighted by molar-refractivity contribution is -0.115. The van der Waals surface area contributed by atoms with Crippen molar-refractivity contribution in [3.05, 3.63) is 40.9 Å². The number of nitrogens with zero attached hydrogens (tertiary/aromatic N) is 2. The number of hydrogen-bond acceptors (Lipinski definition) is 3. The number of nitrogens with one attached hydrogen (secondary N) is 1. The second-order valence-corrected chi connectivity index (χ2v) is 6.42. The van der Waals surface area contributed by atoms with Gasteiger partial charge in [0.2, 0.25) is 5.91 Å². The topological polar surface area (TPSA) is 46.9 Å². The van der Waals surface area contributed by atoms with Crippen LogP contribution in [0.25, 0.3) is 0 Å². The summed E-state index contributed by atoms with van der Waals surface area (Å²) in [6.45, 7) is 1.76. The number of carbonyl (C=O) groups excluding carboxylic acids is 1. The molecule has 7 heteroatoms. The van der Waals surface area contributed by atoms with Crippen molar-refractivity contribution < 1.29 is 9.18 Å². The monoisotopic (exact) mass is 357 g/mol. The third-order valence-corrected chi connectivity index (χ3v) is 4.28. The third kappa shape index (κ3) is 3.61. The summed E-state index contributed by atoms with van der Waals surface area (Å²) in [5.74, 6) is -0.735.